The van der Waals surface area contributed by atoms with E-state index in [9.17, 15) is 23.5 Å². The van der Waals surface area contributed by atoms with Crippen LogP contribution in [0.1, 0.15) is 30.6 Å². The molecule has 21 heavy (non-hydrogen) atoms. The van der Waals surface area contributed by atoms with Crippen LogP contribution in [-0.2, 0) is 4.79 Å². The molecule has 114 valence electrons. The summed E-state index contributed by atoms with van der Waals surface area (Å²) >= 11 is 0. The molecule has 0 spiro atoms. The first kappa shape index (κ1) is 15.4. The lowest BCUT2D eigenvalue weighted by atomic mass is 9.76. The highest BCUT2D eigenvalue weighted by Crippen LogP contribution is 2.38. The SMILES string of the molecule is CC(C)C1(C(=O)O)CCN(C(=O)c2ccc(F)cc2F)C1. The number of halogens is 2. The van der Waals surface area contributed by atoms with Crippen molar-refractivity contribution in [1.29, 1.82) is 0 Å². The van der Waals surface area contributed by atoms with Gasteiger partial charge in [0.25, 0.3) is 5.91 Å². The quantitative estimate of drug-likeness (QED) is 0.932. The average molecular weight is 297 g/mol. The predicted octanol–water partition coefficient (Wildman–Crippen LogP) is 2.54. The monoisotopic (exact) mass is 297 g/mol. The summed E-state index contributed by atoms with van der Waals surface area (Å²) in [5.74, 6) is -3.39. The van der Waals surface area contributed by atoms with Gasteiger partial charge in [0.2, 0.25) is 0 Å². The van der Waals surface area contributed by atoms with Gasteiger partial charge in [-0.25, -0.2) is 8.78 Å². The minimum Gasteiger partial charge on any atom is -0.481 e. The number of carbonyl (C=O) groups is 2. The minimum atomic E-state index is -1.01. The standard InChI is InChI=1S/C15H17F2NO3/c1-9(2)15(14(20)21)5-6-18(8-15)13(19)11-4-3-10(16)7-12(11)17/h3-4,7,9H,5-6,8H2,1-2H3,(H,20,21). The van der Waals surface area contributed by atoms with E-state index in [1.165, 1.54) is 4.90 Å². The largest absolute Gasteiger partial charge is 0.481 e. The van der Waals surface area contributed by atoms with Gasteiger partial charge in [0, 0.05) is 19.2 Å². The summed E-state index contributed by atoms with van der Waals surface area (Å²) in [5, 5.41) is 9.43. The molecule has 0 aromatic heterocycles. The maximum absolute atomic E-state index is 13.7. The van der Waals surface area contributed by atoms with E-state index in [2.05, 4.69) is 0 Å². The molecule has 1 amide bonds. The molecule has 1 fully saturated rings. The molecule has 1 aromatic carbocycles. The fourth-order valence-corrected chi connectivity index (χ4v) is 2.73. The molecule has 6 heteroatoms. The van der Waals surface area contributed by atoms with Crippen LogP contribution in [0.4, 0.5) is 8.78 Å². The lowest BCUT2D eigenvalue weighted by Crippen LogP contribution is -2.40. The van der Waals surface area contributed by atoms with Crippen LogP contribution in [0.25, 0.3) is 0 Å². The number of amides is 1. The van der Waals surface area contributed by atoms with E-state index in [4.69, 9.17) is 0 Å². The molecule has 4 nitrogen and oxygen atoms in total. The van der Waals surface area contributed by atoms with E-state index in [0.717, 1.165) is 12.1 Å². The maximum Gasteiger partial charge on any atom is 0.311 e. The topological polar surface area (TPSA) is 57.6 Å². The Morgan fingerprint density at radius 3 is 2.48 bits per heavy atom. The van der Waals surface area contributed by atoms with Gasteiger partial charge in [0.1, 0.15) is 11.6 Å². The summed E-state index contributed by atoms with van der Waals surface area (Å²) in [6.45, 7) is 3.87. The van der Waals surface area contributed by atoms with E-state index in [-0.39, 0.29) is 24.6 Å². The normalized spacial score (nSPS) is 21.9. The highest BCUT2D eigenvalue weighted by atomic mass is 19.1. The van der Waals surface area contributed by atoms with Crippen LogP contribution in [0.15, 0.2) is 18.2 Å². The van der Waals surface area contributed by atoms with Crippen molar-refractivity contribution in [2.45, 2.75) is 20.3 Å². The maximum atomic E-state index is 13.7. The van der Waals surface area contributed by atoms with Crippen molar-refractivity contribution in [2.24, 2.45) is 11.3 Å². The Kier molecular flexibility index (Phi) is 3.98. The molecular weight excluding hydrogens is 280 g/mol. The first-order valence-electron chi connectivity index (χ1n) is 6.75. The summed E-state index contributed by atoms with van der Waals surface area (Å²) in [6, 6.07) is 2.75. The molecule has 1 aliphatic rings. The van der Waals surface area contributed by atoms with Gasteiger partial charge in [-0.3, -0.25) is 9.59 Å². The summed E-state index contributed by atoms with van der Waals surface area (Å²) < 4.78 is 26.5. The second-order valence-corrected chi connectivity index (χ2v) is 5.72. The molecule has 1 heterocycles. The summed E-state index contributed by atoms with van der Waals surface area (Å²) in [6.07, 6.45) is 0.328. The van der Waals surface area contributed by atoms with Crippen LogP contribution in [0.3, 0.4) is 0 Å². The van der Waals surface area contributed by atoms with Crippen LogP contribution in [0, 0.1) is 23.0 Å². The highest BCUT2D eigenvalue weighted by molar-refractivity contribution is 5.95. The lowest BCUT2D eigenvalue weighted by Gasteiger charge is -2.28. The van der Waals surface area contributed by atoms with Crippen LogP contribution in [0.2, 0.25) is 0 Å². The van der Waals surface area contributed by atoms with E-state index >= 15 is 0 Å². The molecule has 1 N–H and O–H groups in total. The summed E-state index contributed by atoms with van der Waals surface area (Å²) in [7, 11) is 0. The van der Waals surface area contributed by atoms with Gasteiger partial charge in [-0.1, -0.05) is 13.8 Å². The number of hydrogen-bond donors (Lipinski definition) is 1. The summed E-state index contributed by atoms with van der Waals surface area (Å²) in [4.78, 5) is 25.1. The molecule has 0 radical (unpaired) electrons. The number of carbonyl (C=O) groups excluding carboxylic acids is 1. The third-order valence-electron chi connectivity index (χ3n) is 4.28. The molecule has 1 unspecified atom stereocenters. The third kappa shape index (κ3) is 2.62. The van der Waals surface area contributed by atoms with E-state index in [1.807, 2.05) is 0 Å². The average Bonchev–Trinajstić information content (AvgIpc) is 2.84. The Morgan fingerprint density at radius 1 is 1.33 bits per heavy atom. The number of hydrogen-bond acceptors (Lipinski definition) is 2. The van der Waals surface area contributed by atoms with Gasteiger partial charge < -0.3 is 10.0 Å². The second-order valence-electron chi connectivity index (χ2n) is 5.72. The van der Waals surface area contributed by atoms with E-state index in [0.29, 0.717) is 12.5 Å². The zero-order chi connectivity index (χ0) is 15.8. The number of benzene rings is 1. The van der Waals surface area contributed by atoms with Gasteiger partial charge >= 0.3 is 5.97 Å². The molecule has 1 atom stereocenters. The van der Waals surface area contributed by atoms with Crippen LogP contribution in [0.5, 0.6) is 0 Å². The summed E-state index contributed by atoms with van der Waals surface area (Å²) in [5.41, 5.74) is -1.24. The van der Waals surface area contributed by atoms with Crippen molar-refractivity contribution in [3.8, 4) is 0 Å². The van der Waals surface area contributed by atoms with Crippen LogP contribution >= 0.6 is 0 Å². The molecule has 1 aliphatic heterocycles. The Morgan fingerprint density at radius 2 is 2.00 bits per heavy atom. The fraction of sp³-hybridized carbons (Fsp3) is 0.467. The van der Waals surface area contributed by atoms with Crippen molar-refractivity contribution in [1.82, 2.24) is 4.90 Å². The number of carboxylic acid groups (broad SMARTS) is 1. The Bertz CT molecular complexity index is 588. The number of nitrogens with zero attached hydrogens (tertiary/aromatic N) is 1. The van der Waals surface area contributed by atoms with E-state index in [1.54, 1.807) is 13.8 Å². The zero-order valence-electron chi connectivity index (χ0n) is 11.9. The van der Waals surface area contributed by atoms with Crippen molar-refractivity contribution in [3.63, 3.8) is 0 Å². The highest BCUT2D eigenvalue weighted by Gasteiger charge is 2.48. The van der Waals surface area contributed by atoms with Crippen LogP contribution < -0.4 is 0 Å². The third-order valence-corrected chi connectivity index (χ3v) is 4.28. The molecular formula is C15H17F2NO3. The molecule has 0 saturated carbocycles. The Labute approximate surface area is 121 Å². The Balaban J connectivity index is 2.25. The van der Waals surface area contributed by atoms with Gasteiger partial charge in [-0.05, 0) is 24.5 Å². The number of rotatable bonds is 3. The van der Waals surface area contributed by atoms with E-state index < -0.39 is 28.9 Å². The number of likely N-dealkylation sites (tertiary alicyclic amines) is 1. The van der Waals surface area contributed by atoms with Gasteiger partial charge in [-0.2, -0.15) is 0 Å². The van der Waals surface area contributed by atoms with Crippen molar-refractivity contribution in [3.05, 3.63) is 35.4 Å². The molecule has 1 aromatic rings. The second kappa shape index (κ2) is 5.42. The van der Waals surface area contributed by atoms with Crippen molar-refractivity contribution < 1.29 is 23.5 Å². The first-order valence-corrected chi connectivity index (χ1v) is 6.75. The smallest absolute Gasteiger partial charge is 0.311 e. The molecule has 2 rings (SSSR count). The predicted molar refractivity (Wildman–Crippen MR) is 71.8 cm³/mol. The lowest BCUT2D eigenvalue weighted by molar-refractivity contribution is -0.150. The molecule has 1 saturated heterocycles. The van der Waals surface area contributed by atoms with Crippen molar-refractivity contribution >= 4 is 11.9 Å². The van der Waals surface area contributed by atoms with Crippen molar-refractivity contribution in [2.75, 3.05) is 13.1 Å². The number of aliphatic carboxylic acids is 1. The molecule has 0 aliphatic carbocycles. The Hall–Kier alpha value is -1.98. The fourth-order valence-electron chi connectivity index (χ4n) is 2.73. The van der Waals surface area contributed by atoms with Crippen LogP contribution in [-0.4, -0.2) is 35.0 Å². The number of carboxylic acids is 1. The molecule has 0 bridgehead atoms. The van der Waals surface area contributed by atoms with Gasteiger partial charge in [0.05, 0.1) is 11.0 Å². The zero-order valence-corrected chi connectivity index (χ0v) is 11.9. The first-order chi connectivity index (χ1) is 9.78. The van der Waals surface area contributed by atoms with Gasteiger partial charge in [0.15, 0.2) is 0 Å². The minimum absolute atomic E-state index is 0.0374. The van der Waals surface area contributed by atoms with Gasteiger partial charge in [-0.15, -0.1) is 0 Å².